The summed E-state index contributed by atoms with van der Waals surface area (Å²) in [6, 6.07) is 10.9. The van der Waals surface area contributed by atoms with Crippen LogP contribution in [0.25, 0.3) is 11.6 Å². The van der Waals surface area contributed by atoms with E-state index < -0.39 is 0 Å². The number of nitrogens with zero attached hydrogens (tertiary/aromatic N) is 2. The number of rotatable bonds is 2. The molecule has 0 aliphatic heterocycles. The van der Waals surface area contributed by atoms with Crippen molar-refractivity contribution in [1.29, 1.82) is 5.26 Å². The quantitative estimate of drug-likeness (QED) is 0.759. The zero-order chi connectivity index (χ0) is 13.0. The van der Waals surface area contributed by atoms with Crippen molar-refractivity contribution in [2.24, 2.45) is 0 Å². The van der Waals surface area contributed by atoms with Crippen molar-refractivity contribution in [2.45, 2.75) is 0 Å². The van der Waals surface area contributed by atoms with Crippen molar-refractivity contribution in [3.05, 3.63) is 63.9 Å². The first-order valence-electron chi connectivity index (χ1n) is 5.17. The predicted molar refractivity (Wildman–Crippen MR) is 74.2 cm³/mol. The predicted octanol–water partition coefficient (Wildman–Crippen LogP) is 4.45. The summed E-state index contributed by atoms with van der Waals surface area (Å²) >= 11 is 11.8. The van der Waals surface area contributed by atoms with E-state index in [9.17, 15) is 5.26 Å². The molecule has 2 nitrogen and oxygen atoms in total. The third kappa shape index (κ3) is 3.10. The number of pyridine rings is 1. The van der Waals surface area contributed by atoms with Gasteiger partial charge in [-0.25, -0.2) is 0 Å². The van der Waals surface area contributed by atoms with Crippen molar-refractivity contribution >= 4 is 34.9 Å². The molecule has 0 amide bonds. The van der Waals surface area contributed by atoms with Gasteiger partial charge >= 0.3 is 0 Å². The summed E-state index contributed by atoms with van der Waals surface area (Å²) in [5, 5.41) is 10.2. The third-order valence-corrected chi connectivity index (χ3v) is 2.73. The number of halogens is 2. The molecule has 0 spiro atoms. The fourth-order valence-corrected chi connectivity index (χ4v) is 2.04. The van der Waals surface area contributed by atoms with Crippen LogP contribution in [0, 0.1) is 11.3 Å². The maximum Gasteiger partial charge on any atom is 0.0998 e. The molecule has 0 fully saturated rings. The molecule has 4 heteroatoms. The highest BCUT2D eigenvalue weighted by Gasteiger charge is 2.04. The number of allylic oxidation sites excluding steroid dienone is 1. The highest BCUT2D eigenvalue weighted by Crippen LogP contribution is 2.25. The summed E-state index contributed by atoms with van der Waals surface area (Å²) in [7, 11) is 0. The molecule has 0 aliphatic rings. The summed E-state index contributed by atoms with van der Waals surface area (Å²) in [6.07, 6.45) is 5.11. The van der Waals surface area contributed by atoms with Gasteiger partial charge in [-0.05, 0) is 41.5 Å². The van der Waals surface area contributed by atoms with Crippen LogP contribution in [0.15, 0.2) is 42.7 Å². The smallest absolute Gasteiger partial charge is 0.0998 e. The van der Waals surface area contributed by atoms with Crippen molar-refractivity contribution < 1.29 is 0 Å². The van der Waals surface area contributed by atoms with E-state index in [1.807, 2.05) is 12.1 Å². The number of benzene rings is 1. The second-order valence-corrected chi connectivity index (χ2v) is 4.49. The molecule has 0 bridgehead atoms. The van der Waals surface area contributed by atoms with Crippen LogP contribution in [0.1, 0.15) is 11.1 Å². The molecule has 88 valence electrons. The van der Waals surface area contributed by atoms with E-state index in [0.29, 0.717) is 21.2 Å². The molecule has 2 aromatic rings. The molecule has 0 saturated carbocycles. The van der Waals surface area contributed by atoms with E-state index in [4.69, 9.17) is 23.2 Å². The van der Waals surface area contributed by atoms with Crippen molar-refractivity contribution in [3.8, 4) is 6.07 Å². The van der Waals surface area contributed by atoms with Gasteiger partial charge in [0.15, 0.2) is 0 Å². The van der Waals surface area contributed by atoms with Gasteiger partial charge in [0.05, 0.1) is 11.6 Å². The van der Waals surface area contributed by atoms with Crippen LogP contribution in [0.5, 0.6) is 0 Å². The van der Waals surface area contributed by atoms with Gasteiger partial charge in [-0.1, -0.05) is 29.3 Å². The second kappa shape index (κ2) is 5.68. The molecular weight excluding hydrogens is 267 g/mol. The van der Waals surface area contributed by atoms with Crippen molar-refractivity contribution in [2.75, 3.05) is 0 Å². The fourth-order valence-electron chi connectivity index (χ4n) is 1.52. The first kappa shape index (κ1) is 12.6. The Hall–Kier alpha value is -1.82. The number of hydrogen-bond acceptors (Lipinski definition) is 2. The van der Waals surface area contributed by atoms with Crippen LogP contribution < -0.4 is 0 Å². The van der Waals surface area contributed by atoms with E-state index >= 15 is 0 Å². The minimum atomic E-state index is 0.493. The maximum absolute atomic E-state index is 9.20. The van der Waals surface area contributed by atoms with E-state index in [1.54, 1.807) is 36.7 Å². The highest BCUT2D eigenvalue weighted by molar-refractivity contribution is 6.35. The van der Waals surface area contributed by atoms with Crippen molar-refractivity contribution in [3.63, 3.8) is 0 Å². The lowest BCUT2D eigenvalue weighted by Crippen LogP contribution is -1.83. The Morgan fingerprint density at radius 2 is 1.94 bits per heavy atom. The Kier molecular flexibility index (Phi) is 3.99. The molecule has 0 N–H and O–H groups in total. The van der Waals surface area contributed by atoms with Crippen LogP contribution in [0.3, 0.4) is 0 Å². The van der Waals surface area contributed by atoms with Gasteiger partial charge in [-0.15, -0.1) is 0 Å². The molecule has 0 radical (unpaired) electrons. The molecule has 0 atom stereocenters. The largest absolute Gasteiger partial charge is 0.264 e. The third-order valence-electron chi connectivity index (χ3n) is 2.29. The monoisotopic (exact) mass is 274 g/mol. The van der Waals surface area contributed by atoms with E-state index in [0.717, 1.165) is 5.56 Å². The Balaban J connectivity index is 2.46. The SMILES string of the molecule is N#C/C(=C/c1cccnc1)c1cc(Cl)cc(Cl)c1. The molecule has 1 aromatic heterocycles. The lowest BCUT2D eigenvalue weighted by molar-refractivity contribution is 1.32. The molecule has 0 unspecified atom stereocenters. The Bertz CT molecular complexity index is 608. The minimum Gasteiger partial charge on any atom is -0.264 e. The molecule has 0 saturated heterocycles. The molecule has 18 heavy (non-hydrogen) atoms. The van der Waals surface area contributed by atoms with Gasteiger partial charge in [0.2, 0.25) is 0 Å². The number of nitriles is 1. The van der Waals surface area contributed by atoms with Gasteiger partial charge in [-0.3, -0.25) is 4.98 Å². The average molecular weight is 275 g/mol. The molecule has 1 aromatic carbocycles. The number of hydrogen-bond donors (Lipinski definition) is 0. The fraction of sp³-hybridized carbons (Fsp3) is 0. The van der Waals surface area contributed by atoms with Crippen LogP contribution in [-0.2, 0) is 0 Å². The van der Waals surface area contributed by atoms with Crippen molar-refractivity contribution in [1.82, 2.24) is 4.98 Å². The summed E-state index contributed by atoms with van der Waals surface area (Å²) in [5.74, 6) is 0. The maximum atomic E-state index is 9.20. The van der Waals surface area contributed by atoms with Gasteiger partial charge in [-0.2, -0.15) is 5.26 Å². The molecule has 2 rings (SSSR count). The zero-order valence-electron chi connectivity index (χ0n) is 9.27. The standard InChI is InChI=1S/C14H8Cl2N2/c15-13-5-11(6-14(16)7-13)12(8-17)4-10-2-1-3-18-9-10/h1-7,9H/b12-4-. The molecule has 1 heterocycles. The topological polar surface area (TPSA) is 36.7 Å². The van der Waals surface area contributed by atoms with Gasteiger partial charge < -0.3 is 0 Å². The van der Waals surface area contributed by atoms with Gasteiger partial charge in [0, 0.05) is 22.4 Å². The Morgan fingerprint density at radius 1 is 1.22 bits per heavy atom. The second-order valence-electron chi connectivity index (χ2n) is 3.61. The summed E-state index contributed by atoms with van der Waals surface area (Å²) in [6.45, 7) is 0. The lowest BCUT2D eigenvalue weighted by atomic mass is 10.0. The Labute approximate surface area is 115 Å². The van der Waals surface area contributed by atoms with Crippen LogP contribution in [-0.4, -0.2) is 4.98 Å². The number of aromatic nitrogens is 1. The molecular formula is C14H8Cl2N2. The first-order chi connectivity index (χ1) is 8.69. The first-order valence-corrected chi connectivity index (χ1v) is 5.93. The van der Waals surface area contributed by atoms with Gasteiger partial charge in [0.1, 0.15) is 0 Å². The zero-order valence-corrected chi connectivity index (χ0v) is 10.8. The van der Waals surface area contributed by atoms with E-state index in [1.165, 1.54) is 0 Å². The Morgan fingerprint density at radius 3 is 2.50 bits per heavy atom. The molecule has 0 aliphatic carbocycles. The summed E-state index contributed by atoms with van der Waals surface area (Å²) in [4.78, 5) is 3.99. The van der Waals surface area contributed by atoms with Crippen LogP contribution in [0.2, 0.25) is 10.0 Å². The van der Waals surface area contributed by atoms with E-state index in [2.05, 4.69) is 11.1 Å². The van der Waals surface area contributed by atoms with E-state index in [-0.39, 0.29) is 0 Å². The highest BCUT2D eigenvalue weighted by atomic mass is 35.5. The average Bonchev–Trinajstić information content (AvgIpc) is 2.36. The summed E-state index contributed by atoms with van der Waals surface area (Å²) in [5.41, 5.74) is 2.04. The normalized spacial score (nSPS) is 11.1. The van der Waals surface area contributed by atoms with Crippen LogP contribution >= 0.6 is 23.2 Å². The summed E-state index contributed by atoms with van der Waals surface area (Å²) < 4.78 is 0. The van der Waals surface area contributed by atoms with Gasteiger partial charge in [0.25, 0.3) is 0 Å². The lowest BCUT2D eigenvalue weighted by Gasteiger charge is -2.02. The van der Waals surface area contributed by atoms with Crippen LogP contribution in [0.4, 0.5) is 0 Å². The minimum absolute atomic E-state index is 0.493.